The van der Waals surface area contributed by atoms with E-state index in [0.717, 1.165) is 31.6 Å². The summed E-state index contributed by atoms with van der Waals surface area (Å²) in [6.45, 7) is 4.17. The first-order valence-electron chi connectivity index (χ1n) is 6.73. The van der Waals surface area contributed by atoms with E-state index in [1.807, 2.05) is 0 Å². The van der Waals surface area contributed by atoms with Crippen LogP contribution in [0.2, 0.25) is 0 Å². The fraction of sp³-hybridized carbons (Fsp3) is 0.846. The van der Waals surface area contributed by atoms with Crippen molar-refractivity contribution in [3.63, 3.8) is 0 Å². The largest absolute Gasteiger partial charge is 0.373 e. The Hall–Kier alpha value is -0.940. The number of nitrogens with two attached hydrogens (primary N) is 1. The summed E-state index contributed by atoms with van der Waals surface area (Å²) in [6, 6.07) is 0.266. The minimum atomic E-state index is -0.0974. The molecule has 0 aromatic carbocycles. The van der Waals surface area contributed by atoms with Gasteiger partial charge in [0.1, 0.15) is 6.10 Å². The predicted molar refractivity (Wildman–Crippen MR) is 68.1 cm³/mol. The highest BCUT2D eigenvalue weighted by atomic mass is 16.5. The average molecular weight is 253 g/mol. The lowest BCUT2D eigenvalue weighted by molar-refractivity contribution is 0.0555. The second-order valence-electron chi connectivity index (χ2n) is 5.51. The third-order valence-corrected chi connectivity index (χ3v) is 3.64. The van der Waals surface area contributed by atoms with Gasteiger partial charge in [-0.2, -0.15) is 4.98 Å². The molecular formula is C13H23N3O2. The van der Waals surface area contributed by atoms with Crippen molar-refractivity contribution in [1.82, 2.24) is 10.1 Å². The average Bonchev–Trinajstić information content (AvgIpc) is 2.79. The maximum atomic E-state index is 5.99. The molecule has 1 fully saturated rings. The molecule has 0 spiro atoms. The number of hydrogen-bond donors (Lipinski definition) is 1. The summed E-state index contributed by atoms with van der Waals surface area (Å²) < 4.78 is 10.8. The van der Waals surface area contributed by atoms with Gasteiger partial charge in [-0.15, -0.1) is 0 Å². The first-order chi connectivity index (χ1) is 8.61. The van der Waals surface area contributed by atoms with Crippen LogP contribution in [-0.4, -0.2) is 23.3 Å². The van der Waals surface area contributed by atoms with Gasteiger partial charge in [0, 0.05) is 19.1 Å². The van der Waals surface area contributed by atoms with Crippen LogP contribution in [0.5, 0.6) is 0 Å². The molecule has 3 unspecified atom stereocenters. The highest BCUT2D eigenvalue weighted by Gasteiger charge is 2.28. The summed E-state index contributed by atoms with van der Waals surface area (Å²) in [6.07, 6.45) is 4.18. The van der Waals surface area contributed by atoms with Crippen LogP contribution in [-0.2, 0) is 4.74 Å². The van der Waals surface area contributed by atoms with Gasteiger partial charge in [0.25, 0.3) is 0 Å². The van der Waals surface area contributed by atoms with Crippen molar-refractivity contribution >= 4 is 0 Å². The smallest absolute Gasteiger partial charge is 0.229 e. The predicted octanol–water partition coefficient (Wildman–Crippen LogP) is 2.40. The highest BCUT2D eigenvalue weighted by molar-refractivity contribution is 5.00. The lowest BCUT2D eigenvalue weighted by Gasteiger charge is -2.23. The molecule has 0 radical (unpaired) electrons. The second-order valence-corrected chi connectivity index (χ2v) is 5.51. The summed E-state index contributed by atoms with van der Waals surface area (Å²) in [5, 5.41) is 4.06. The van der Waals surface area contributed by atoms with E-state index in [1.54, 1.807) is 7.11 Å². The molecule has 18 heavy (non-hydrogen) atoms. The molecule has 1 saturated carbocycles. The SMILES string of the molecule is COC(c1noc(C2CCCC(N)C2)n1)C(C)C. The summed E-state index contributed by atoms with van der Waals surface area (Å²) in [7, 11) is 1.68. The Labute approximate surface area is 108 Å². The number of rotatable bonds is 4. The van der Waals surface area contributed by atoms with Gasteiger partial charge in [-0.1, -0.05) is 25.4 Å². The molecule has 0 bridgehead atoms. The molecule has 1 heterocycles. The number of nitrogens with zero attached hydrogens (tertiary/aromatic N) is 2. The molecule has 5 nitrogen and oxygen atoms in total. The molecule has 102 valence electrons. The lowest BCUT2D eigenvalue weighted by Crippen LogP contribution is -2.27. The third-order valence-electron chi connectivity index (χ3n) is 3.64. The number of hydrogen-bond acceptors (Lipinski definition) is 5. The number of methoxy groups -OCH3 is 1. The van der Waals surface area contributed by atoms with E-state index in [-0.39, 0.29) is 12.1 Å². The summed E-state index contributed by atoms with van der Waals surface area (Å²) in [5.74, 6) is 2.03. The lowest BCUT2D eigenvalue weighted by atomic mass is 9.86. The highest BCUT2D eigenvalue weighted by Crippen LogP contribution is 2.32. The van der Waals surface area contributed by atoms with Crippen molar-refractivity contribution in [2.24, 2.45) is 11.7 Å². The van der Waals surface area contributed by atoms with E-state index < -0.39 is 0 Å². The topological polar surface area (TPSA) is 74.2 Å². The zero-order chi connectivity index (χ0) is 13.1. The summed E-state index contributed by atoms with van der Waals surface area (Å²) in [4.78, 5) is 4.50. The summed E-state index contributed by atoms with van der Waals surface area (Å²) >= 11 is 0. The maximum Gasteiger partial charge on any atom is 0.229 e. The van der Waals surface area contributed by atoms with E-state index in [0.29, 0.717) is 17.7 Å². The zero-order valence-electron chi connectivity index (χ0n) is 11.4. The Kier molecular flexibility index (Phi) is 4.35. The van der Waals surface area contributed by atoms with Crippen LogP contribution in [0.4, 0.5) is 0 Å². The monoisotopic (exact) mass is 253 g/mol. The third kappa shape index (κ3) is 2.90. The molecule has 2 rings (SSSR count). The summed E-state index contributed by atoms with van der Waals surface area (Å²) in [5.41, 5.74) is 5.99. The molecule has 3 atom stereocenters. The molecule has 2 N–H and O–H groups in total. The minimum absolute atomic E-state index is 0.0974. The molecule has 1 aromatic rings. The molecule has 0 aliphatic heterocycles. The van der Waals surface area contributed by atoms with E-state index >= 15 is 0 Å². The molecule has 0 saturated heterocycles. The van der Waals surface area contributed by atoms with Gasteiger partial charge in [0.15, 0.2) is 0 Å². The van der Waals surface area contributed by atoms with Crippen LogP contribution in [0, 0.1) is 5.92 Å². The maximum absolute atomic E-state index is 5.99. The first-order valence-corrected chi connectivity index (χ1v) is 6.73. The molecule has 1 aromatic heterocycles. The van der Waals surface area contributed by atoms with Crippen LogP contribution in [0.3, 0.4) is 0 Å². The Bertz CT molecular complexity index is 378. The second kappa shape index (κ2) is 5.80. The zero-order valence-corrected chi connectivity index (χ0v) is 11.4. The van der Waals surface area contributed by atoms with Gasteiger partial charge in [0.05, 0.1) is 0 Å². The molecule has 1 aliphatic carbocycles. The normalized spacial score (nSPS) is 26.5. The molecule has 5 heteroatoms. The van der Waals surface area contributed by atoms with Gasteiger partial charge in [0.2, 0.25) is 11.7 Å². The van der Waals surface area contributed by atoms with Crippen molar-refractivity contribution in [2.45, 2.75) is 57.6 Å². The van der Waals surface area contributed by atoms with Crippen molar-refractivity contribution in [3.8, 4) is 0 Å². The van der Waals surface area contributed by atoms with Crippen LogP contribution in [0.1, 0.15) is 63.3 Å². The van der Waals surface area contributed by atoms with E-state index in [2.05, 4.69) is 24.0 Å². The number of aromatic nitrogens is 2. The van der Waals surface area contributed by atoms with Crippen molar-refractivity contribution in [3.05, 3.63) is 11.7 Å². The van der Waals surface area contributed by atoms with Crippen molar-refractivity contribution in [2.75, 3.05) is 7.11 Å². The van der Waals surface area contributed by atoms with Crippen molar-refractivity contribution < 1.29 is 9.26 Å². The quantitative estimate of drug-likeness (QED) is 0.891. The number of ether oxygens (including phenoxy) is 1. The van der Waals surface area contributed by atoms with E-state index in [9.17, 15) is 0 Å². The molecular weight excluding hydrogens is 230 g/mol. The Morgan fingerprint density at radius 1 is 1.39 bits per heavy atom. The Balaban J connectivity index is 2.09. The Morgan fingerprint density at radius 3 is 2.78 bits per heavy atom. The van der Waals surface area contributed by atoms with Crippen LogP contribution < -0.4 is 5.73 Å². The standard InChI is InChI=1S/C13H23N3O2/c1-8(2)11(17-3)12-15-13(18-16-12)9-5-4-6-10(14)7-9/h8-11H,4-7,14H2,1-3H3. The first kappa shape index (κ1) is 13.5. The van der Waals surface area contributed by atoms with Crippen LogP contribution in [0.15, 0.2) is 4.52 Å². The van der Waals surface area contributed by atoms with Gasteiger partial charge < -0.3 is 15.0 Å². The van der Waals surface area contributed by atoms with Crippen LogP contribution >= 0.6 is 0 Å². The van der Waals surface area contributed by atoms with Gasteiger partial charge in [-0.3, -0.25) is 0 Å². The molecule has 0 amide bonds. The van der Waals surface area contributed by atoms with Gasteiger partial charge >= 0.3 is 0 Å². The van der Waals surface area contributed by atoms with Gasteiger partial charge in [-0.25, -0.2) is 0 Å². The van der Waals surface area contributed by atoms with Gasteiger partial charge in [-0.05, 0) is 25.2 Å². The van der Waals surface area contributed by atoms with Crippen LogP contribution in [0.25, 0.3) is 0 Å². The Morgan fingerprint density at radius 2 is 2.17 bits per heavy atom. The fourth-order valence-electron chi connectivity index (χ4n) is 2.66. The van der Waals surface area contributed by atoms with E-state index in [1.165, 1.54) is 0 Å². The fourth-order valence-corrected chi connectivity index (χ4v) is 2.66. The minimum Gasteiger partial charge on any atom is -0.373 e. The van der Waals surface area contributed by atoms with Crippen molar-refractivity contribution in [1.29, 1.82) is 0 Å². The van der Waals surface area contributed by atoms with E-state index in [4.69, 9.17) is 15.0 Å². The molecule has 1 aliphatic rings.